The topological polar surface area (TPSA) is 60.6 Å². The highest BCUT2D eigenvalue weighted by Gasteiger charge is 2.14. The van der Waals surface area contributed by atoms with Crippen LogP contribution in [0.2, 0.25) is 0 Å². The van der Waals surface area contributed by atoms with Crippen molar-refractivity contribution in [1.29, 1.82) is 0 Å². The quantitative estimate of drug-likeness (QED) is 0.827. The molecule has 0 saturated heterocycles. The third kappa shape index (κ3) is 4.39. The van der Waals surface area contributed by atoms with Crippen LogP contribution in [0.15, 0.2) is 12.3 Å². The van der Waals surface area contributed by atoms with E-state index in [1.807, 2.05) is 17.8 Å². The maximum absolute atomic E-state index is 4.46. The van der Waals surface area contributed by atoms with Crippen LogP contribution in [0.1, 0.15) is 44.3 Å². The molecular formula is C15H26N6. The van der Waals surface area contributed by atoms with Gasteiger partial charge in [0.15, 0.2) is 0 Å². The number of nitrogens with zero attached hydrogens (tertiary/aromatic N) is 5. The summed E-state index contributed by atoms with van der Waals surface area (Å²) in [4.78, 5) is 0. The van der Waals surface area contributed by atoms with Crippen molar-refractivity contribution in [3.8, 4) is 0 Å². The van der Waals surface area contributed by atoms with Crippen LogP contribution in [0.25, 0.3) is 0 Å². The third-order valence-corrected chi connectivity index (χ3v) is 3.36. The largest absolute Gasteiger partial charge is 0.311 e. The molecule has 0 saturated carbocycles. The maximum Gasteiger partial charge on any atom is 0.0965 e. The van der Waals surface area contributed by atoms with Crippen molar-refractivity contribution in [2.24, 2.45) is 0 Å². The summed E-state index contributed by atoms with van der Waals surface area (Å²) < 4.78 is 3.97. The van der Waals surface area contributed by atoms with E-state index in [9.17, 15) is 0 Å². The minimum Gasteiger partial charge on any atom is -0.311 e. The van der Waals surface area contributed by atoms with Crippen LogP contribution in [-0.2, 0) is 18.6 Å². The smallest absolute Gasteiger partial charge is 0.0965 e. The molecule has 0 amide bonds. The first kappa shape index (κ1) is 15.7. The predicted molar refractivity (Wildman–Crippen MR) is 83.0 cm³/mol. The number of hydrogen-bond donors (Lipinski definition) is 1. The van der Waals surface area contributed by atoms with Crippen LogP contribution in [0, 0.1) is 13.8 Å². The fourth-order valence-corrected chi connectivity index (χ4v) is 2.18. The molecule has 0 aliphatic rings. The normalized spacial score (nSPS) is 12.0. The van der Waals surface area contributed by atoms with Crippen molar-refractivity contribution < 1.29 is 0 Å². The van der Waals surface area contributed by atoms with Gasteiger partial charge in [0.1, 0.15) is 0 Å². The molecule has 2 aromatic heterocycles. The lowest BCUT2D eigenvalue weighted by Crippen LogP contribution is -2.22. The highest BCUT2D eigenvalue weighted by Crippen LogP contribution is 2.11. The molecule has 0 radical (unpaired) electrons. The lowest BCUT2D eigenvalue weighted by Gasteiger charge is -2.17. The van der Waals surface area contributed by atoms with E-state index in [4.69, 9.17) is 0 Å². The second-order valence-corrected chi connectivity index (χ2v) is 6.51. The van der Waals surface area contributed by atoms with Gasteiger partial charge in [0.05, 0.1) is 23.1 Å². The van der Waals surface area contributed by atoms with Crippen molar-refractivity contribution in [3.63, 3.8) is 0 Å². The number of nitrogens with one attached hydrogen (secondary N) is 1. The Morgan fingerprint density at radius 2 is 2.00 bits per heavy atom. The van der Waals surface area contributed by atoms with Crippen LogP contribution in [-0.4, -0.2) is 31.3 Å². The van der Waals surface area contributed by atoms with Crippen LogP contribution in [0.5, 0.6) is 0 Å². The van der Waals surface area contributed by atoms with E-state index >= 15 is 0 Å². The summed E-state index contributed by atoms with van der Waals surface area (Å²) in [6, 6.07) is 2.11. The van der Waals surface area contributed by atoms with Gasteiger partial charge in [0.2, 0.25) is 0 Å². The molecule has 0 fully saturated rings. The zero-order valence-corrected chi connectivity index (χ0v) is 13.7. The van der Waals surface area contributed by atoms with Crippen molar-refractivity contribution in [2.75, 3.05) is 6.54 Å². The molecule has 0 aliphatic heterocycles. The minimum atomic E-state index is -0.0132. The lowest BCUT2D eigenvalue weighted by atomic mass is 10.1. The first-order chi connectivity index (χ1) is 9.86. The summed E-state index contributed by atoms with van der Waals surface area (Å²) in [6.07, 6.45) is 3.06. The maximum atomic E-state index is 4.46. The monoisotopic (exact) mass is 290 g/mol. The van der Waals surface area contributed by atoms with E-state index in [0.717, 1.165) is 37.4 Å². The third-order valence-electron chi connectivity index (χ3n) is 3.36. The Morgan fingerprint density at radius 3 is 2.57 bits per heavy atom. The van der Waals surface area contributed by atoms with E-state index < -0.39 is 0 Å². The van der Waals surface area contributed by atoms with Crippen molar-refractivity contribution in [3.05, 3.63) is 29.3 Å². The molecule has 0 atom stereocenters. The molecular weight excluding hydrogens is 264 g/mol. The zero-order valence-electron chi connectivity index (χ0n) is 13.7. The molecule has 0 bridgehead atoms. The van der Waals surface area contributed by atoms with Gasteiger partial charge in [-0.2, -0.15) is 5.10 Å². The van der Waals surface area contributed by atoms with Crippen LogP contribution < -0.4 is 5.32 Å². The molecule has 0 aliphatic carbocycles. The molecule has 1 N–H and O–H groups in total. The lowest BCUT2D eigenvalue weighted by molar-refractivity contribution is 0.347. The van der Waals surface area contributed by atoms with E-state index in [1.165, 1.54) is 5.69 Å². The van der Waals surface area contributed by atoms with Gasteiger partial charge in [-0.3, -0.25) is 4.68 Å². The standard InChI is InChI=1S/C15H26N6/c1-12-9-13(2)20(18-12)8-6-7-16-10-14-11-21(19-17-14)15(3,4)5/h9,11,16H,6-8,10H2,1-5H3. The molecule has 0 unspecified atom stereocenters. The van der Waals surface area contributed by atoms with Crippen molar-refractivity contribution in [1.82, 2.24) is 30.1 Å². The fraction of sp³-hybridized carbons (Fsp3) is 0.667. The highest BCUT2D eigenvalue weighted by molar-refractivity contribution is 5.06. The van der Waals surface area contributed by atoms with Crippen LogP contribution >= 0.6 is 0 Å². The minimum absolute atomic E-state index is 0.0132. The number of aryl methyl sites for hydroxylation is 3. The van der Waals surface area contributed by atoms with Gasteiger partial charge in [0.25, 0.3) is 0 Å². The van der Waals surface area contributed by atoms with Crippen LogP contribution in [0.4, 0.5) is 0 Å². The van der Waals surface area contributed by atoms with Gasteiger partial charge >= 0.3 is 0 Å². The highest BCUT2D eigenvalue weighted by atomic mass is 15.4. The van der Waals surface area contributed by atoms with Gasteiger partial charge in [-0.25, -0.2) is 4.68 Å². The van der Waals surface area contributed by atoms with Gasteiger partial charge < -0.3 is 5.32 Å². The summed E-state index contributed by atoms with van der Waals surface area (Å²) in [5.41, 5.74) is 3.27. The van der Waals surface area contributed by atoms with Crippen molar-refractivity contribution >= 4 is 0 Å². The van der Waals surface area contributed by atoms with E-state index in [1.54, 1.807) is 0 Å². The van der Waals surface area contributed by atoms with Crippen LogP contribution in [0.3, 0.4) is 0 Å². The summed E-state index contributed by atoms with van der Waals surface area (Å²) in [7, 11) is 0. The first-order valence-electron chi connectivity index (χ1n) is 7.50. The Hall–Kier alpha value is -1.69. The summed E-state index contributed by atoms with van der Waals surface area (Å²) in [5, 5.41) is 16.2. The first-order valence-corrected chi connectivity index (χ1v) is 7.50. The number of aromatic nitrogens is 5. The average Bonchev–Trinajstić information content (AvgIpc) is 2.96. The van der Waals surface area contributed by atoms with Gasteiger partial charge in [0, 0.05) is 18.8 Å². The number of rotatable bonds is 6. The fourth-order valence-electron chi connectivity index (χ4n) is 2.18. The Labute approximate surface area is 126 Å². The molecule has 6 heteroatoms. The summed E-state index contributed by atoms with van der Waals surface area (Å²) in [6.45, 7) is 13.1. The zero-order chi connectivity index (χ0) is 15.5. The molecule has 2 aromatic rings. The van der Waals surface area contributed by atoms with Gasteiger partial charge in [-0.15, -0.1) is 5.10 Å². The average molecular weight is 290 g/mol. The second kappa shape index (κ2) is 6.39. The van der Waals surface area contributed by atoms with E-state index in [2.05, 4.69) is 59.2 Å². The molecule has 21 heavy (non-hydrogen) atoms. The van der Waals surface area contributed by atoms with Gasteiger partial charge in [-0.05, 0) is 53.7 Å². The molecule has 116 valence electrons. The summed E-state index contributed by atoms with van der Waals surface area (Å²) in [5.74, 6) is 0. The summed E-state index contributed by atoms with van der Waals surface area (Å²) >= 11 is 0. The number of hydrogen-bond acceptors (Lipinski definition) is 4. The predicted octanol–water partition coefficient (Wildman–Crippen LogP) is 2.03. The Morgan fingerprint density at radius 1 is 1.24 bits per heavy atom. The Bertz CT molecular complexity index is 575. The molecule has 0 spiro atoms. The molecule has 2 heterocycles. The molecule has 2 rings (SSSR count). The SMILES string of the molecule is Cc1cc(C)n(CCCNCc2cn(C(C)(C)C)nn2)n1. The van der Waals surface area contributed by atoms with E-state index in [0.29, 0.717) is 0 Å². The van der Waals surface area contributed by atoms with Crippen molar-refractivity contribution in [2.45, 2.75) is 59.7 Å². The Balaban J connectivity index is 1.70. The van der Waals surface area contributed by atoms with Gasteiger partial charge in [-0.1, -0.05) is 5.21 Å². The molecule has 0 aromatic carbocycles. The second-order valence-electron chi connectivity index (χ2n) is 6.51. The van der Waals surface area contributed by atoms with E-state index in [-0.39, 0.29) is 5.54 Å². The molecule has 6 nitrogen and oxygen atoms in total. The Kier molecular flexibility index (Phi) is 4.77.